The summed E-state index contributed by atoms with van der Waals surface area (Å²) in [4.78, 5) is 15.7. The second-order valence-electron chi connectivity index (χ2n) is 4.07. The Morgan fingerprint density at radius 1 is 1.30 bits per heavy atom. The summed E-state index contributed by atoms with van der Waals surface area (Å²) >= 11 is 0. The Balaban J connectivity index is 1.84. The third-order valence-corrected chi connectivity index (χ3v) is 2.60. The van der Waals surface area contributed by atoms with Gasteiger partial charge in [0, 0.05) is 6.20 Å². The molecule has 0 spiro atoms. The molecule has 0 fully saturated rings. The number of pyridine rings is 1. The van der Waals surface area contributed by atoms with Crippen molar-refractivity contribution < 1.29 is 9.53 Å². The predicted molar refractivity (Wildman–Crippen MR) is 76.7 cm³/mol. The molecule has 1 heterocycles. The van der Waals surface area contributed by atoms with Gasteiger partial charge in [0.2, 0.25) is 5.91 Å². The van der Waals surface area contributed by atoms with Gasteiger partial charge in [-0.15, -0.1) is 0 Å². The van der Waals surface area contributed by atoms with E-state index in [9.17, 15) is 4.79 Å². The van der Waals surface area contributed by atoms with E-state index in [2.05, 4.69) is 15.5 Å². The first-order valence-electron chi connectivity index (χ1n) is 6.14. The van der Waals surface area contributed by atoms with Gasteiger partial charge in [-0.05, 0) is 29.8 Å². The minimum Gasteiger partial charge on any atom is -0.497 e. The maximum atomic E-state index is 11.7. The number of hydrogen-bond acceptors (Lipinski definition) is 4. The average Bonchev–Trinajstić information content (AvgIpc) is 2.49. The molecule has 1 aromatic heterocycles. The zero-order chi connectivity index (χ0) is 14.2. The third-order valence-electron chi connectivity index (χ3n) is 2.60. The van der Waals surface area contributed by atoms with Crippen LogP contribution < -0.4 is 10.2 Å². The maximum absolute atomic E-state index is 11.7. The van der Waals surface area contributed by atoms with Gasteiger partial charge >= 0.3 is 0 Å². The highest BCUT2D eigenvalue weighted by Gasteiger charge is 2.02. The van der Waals surface area contributed by atoms with Crippen LogP contribution in [0.1, 0.15) is 11.3 Å². The standard InChI is InChI=1S/C15H15N3O2/c1-20-14-7-5-12(6-8-14)10-15(19)18-17-11-13-4-2-3-9-16-13/h2-9,11H,10H2,1H3,(H,18,19)/b17-11+. The van der Waals surface area contributed by atoms with Crippen molar-refractivity contribution in [2.75, 3.05) is 7.11 Å². The lowest BCUT2D eigenvalue weighted by atomic mass is 10.1. The summed E-state index contributed by atoms with van der Waals surface area (Å²) in [5.41, 5.74) is 4.06. The van der Waals surface area contributed by atoms with Gasteiger partial charge in [-0.3, -0.25) is 9.78 Å². The molecule has 2 aromatic rings. The molecular weight excluding hydrogens is 254 g/mol. The van der Waals surface area contributed by atoms with E-state index >= 15 is 0 Å². The molecule has 20 heavy (non-hydrogen) atoms. The second kappa shape index (κ2) is 7.04. The van der Waals surface area contributed by atoms with Crippen LogP contribution in [0.5, 0.6) is 5.75 Å². The fourth-order valence-electron chi connectivity index (χ4n) is 1.59. The number of aromatic nitrogens is 1. The van der Waals surface area contributed by atoms with Gasteiger partial charge in [-0.1, -0.05) is 18.2 Å². The number of hydrazone groups is 1. The Kier molecular flexibility index (Phi) is 4.83. The molecule has 0 saturated heterocycles. The van der Waals surface area contributed by atoms with Crippen molar-refractivity contribution in [1.29, 1.82) is 0 Å². The molecule has 0 unspecified atom stereocenters. The van der Waals surface area contributed by atoms with Crippen LogP contribution in [0.15, 0.2) is 53.8 Å². The van der Waals surface area contributed by atoms with E-state index in [-0.39, 0.29) is 12.3 Å². The SMILES string of the molecule is COc1ccc(CC(=O)N/N=C/c2ccccn2)cc1. The van der Waals surface area contributed by atoms with Gasteiger partial charge in [-0.25, -0.2) is 5.43 Å². The molecule has 0 aliphatic heterocycles. The summed E-state index contributed by atoms with van der Waals surface area (Å²) in [6.07, 6.45) is 3.44. The lowest BCUT2D eigenvalue weighted by Gasteiger charge is -2.02. The van der Waals surface area contributed by atoms with Crippen molar-refractivity contribution in [2.24, 2.45) is 5.10 Å². The third kappa shape index (κ3) is 4.20. The summed E-state index contributed by atoms with van der Waals surface area (Å²) < 4.78 is 5.06. The van der Waals surface area contributed by atoms with E-state index in [1.165, 1.54) is 6.21 Å². The molecule has 1 amide bonds. The minimum absolute atomic E-state index is 0.178. The van der Waals surface area contributed by atoms with Gasteiger partial charge < -0.3 is 4.74 Å². The fourth-order valence-corrected chi connectivity index (χ4v) is 1.59. The van der Waals surface area contributed by atoms with Crippen molar-refractivity contribution in [3.05, 3.63) is 59.9 Å². The Morgan fingerprint density at radius 3 is 2.75 bits per heavy atom. The van der Waals surface area contributed by atoms with E-state index in [1.54, 1.807) is 19.4 Å². The lowest BCUT2D eigenvalue weighted by molar-refractivity contribution is -0.120. The number of hydrogen-bond donors (Lipinski definition) is 1. The number of rotatable bonds is 5. The number of benzene rings is 1. The van der Waals surface area contributed by atoms with Gasteiger partial charge in [0.15, 0.2) is 0 Å². The van der Waals surface area contributed by atoms with Crippen LogP contribution in [0.4, 0.5) is 0 Å². The van der Waals surface area contributed by atoms with E-state index in [0.29, 0.717) is 5.69 Å². The Morgan fingerprint density at radius 2 is 2.10 bits per heavy atom. The molecule has 1 N–H and O–H groups in total. The highest BCUT2D eigenvalue weighted by molar-refractivity contribution is 5.82. The maximum Gasteiger partial charge on any atom is 0.244 e. The molecule has 1 aromatic carbocycles. The molecule has 0 radical (unpaired) electrons. The van der Waals surface area contributed by atoms with Crippen molar-refractivity contribution >= 4 is 12.1 Å². The van der Waals surface area contributed by atoms with Gasteiger partial charge in [-0.2, -0.15) is 5.10 Å². The van der Waals surface area contributed by atoms with E-state index < -0.39 is 0 Å². The summed E-state index contributed by atoms with van der Waals surface area (Å²) in [6, 6.07) is 12.8. The van der Waals surface area contributed by atoms with Crippen LogP contribution in [-0.2, 0) is 11.2 Å². The van der Waals surface area contributed by atoms with E-state index in [1.807, 2.05) is 36.4 Å². The Bertz CT molecular complexity index is 580. The van der Waals surface area contributed by atoms with Gasteiger partial charge in [0.25, 0.3) is 0 Å². The number of nitrogens with one attached hydrogen (secondary N) is 1. The number of nitrogens with zero attached hydrogens (tertiary/aromatic N) is 2. The molecule has 0 bridgehead atoms. The topological polar surface area (TPSA) is 63.6 Å². The molecule has 5 heteroatoms. The molecule has 0 aliphatic rings. The predicted octanol–water partition coefficient (Wildman–Crippen LogP) is 1.78. The second-order valence-corrected chi connectivity index (χ2v) is 4.07. The molecule has 102 valence electrons. The van der Waals surface area contributed by atoms with Crippen molar-refractivity contribution in [2.45, 2.75) is 6.42 Å². The Hall–Kier alpha value is -2.69. The van der Waals surface area contributed by atoms with E-state index in [0.717, 1.165) is 11.3 Å². The number of methoxy groups -OCH3 is 1. The number of amides is 1. The van der Waals surface area contributed by atoms with Crippen LogP contribution in [0.3, 0.4) is 0 Å². The molecule has 5 nitrogen and oxygen atoms in total. The van der Waals surface area contributed by atoms with E-state index in [4.69, 9.17) is 4.74 Å². The van der Waals surface area contributed by atoms with Crippen LogP contribution >= 0.6 is 0 Å². The highest BCUT2D eigenvalue weighted by Crippen LogP contribution is 2.11. The molecule has 2 rings (SSSR count). The first-order chi connectivity index (χ1) is 9.78. The van der Waals surface area contributed by atoms with Crippen molar-refractivity contribution in [1.82, 2.24) is 10.4 Å². The molecule has 0 saturated carbocycles. The zero-order valence-corrected chi connectivity index (χ0v) is 11.1. The number of carbonyl (C=O) groups is 1. The van der Waals surface area contributed by atoms with Crippen molar-refractivity contribution in [3.63, 3.8) is 0 Å². The summed E-state index contributed by atoms with van der Waals surface area (Å²) in [7, 11) is 1.61. The van der Waals surface area contributed by atoms with Crippen LogP contribution in [0, 0.1) is 0 Å². The smallest absolute Gasteiger partial charge is 0.244 e. The monoisotopic (exact) mass is 269 g/mol. The van der Waals surface area contributed by atoms with Crippen molar-refractivity contribution in [3.8, 4) is 5.75 Å². The molecule has 0 atom stereocenters. The highest BCUT2D eigenvalue weighted by atomic mass is 16.5. The van der Waals surface area contributed by atoms with Crippen LogP contribution in [0.25, 0.3) is 0 Å². The zero-order valence-electron chi connectivity index (χ0n) is 11.1. The van der Waals surface area contributed by atoms with Gasteiger partial charge in [0.05, 0.1) is 25.4 Å². The fraction of sp³-hybridized carbons (Fsp3) is 0.133. The minimum atomic E-state index is -0.178. The number of carbonyl (C=O) groups excluding carboxylic acids is 1. The Labute approximate surface area is 117 Å². The largest absolute Gasteiger partial charge is 0.497 e. The van der Waals surface area contributed by atoms with Crippen LogP contribution in [-0.4, -0.2) is 24.2 Å². The van der Waals surface area contributed by atoms with Gasteiger partial charge in [0.1, 0.15) is 5.75 Å². The lowest BCUT2D eigenvalue weighted by Crippen LogP contribution is -2.19. The van der Waals surface area contributed by atoms with Crippen LogP contribution in [0.2, 0.25) is 0 Å². The number of ether oxygens (including phenoxy) is 1. The summed E-state index contributed by atoms with van der Waals surface area (Å²) in [6.45, 7) is 0. The first kappa shape index (κ1) is 13.7. The molecule has 0 aliphatic carbocycles. The molecular formula is C15H15N3O2. The normalized spacial score (nSPS) is 10.4. The summed E-state index contributed by atoms with van der Waals surface area (Å²) in [5, 5.41) is 3.86. The summed E-state index contributed by atoms with van der Waals surface area (Å²) in [5.74, 6) is 0.588. The average molecular weight is 269 g/mol. The first-order valence-corrected chi connectivity index (χ1v) is 6.14. The quantitative estimate of drug-likeness (QED) is 0.664.